The van der Waals surface area contributed by atoms with Gasteiger partial charge in [-0.3, -0.25) is 9.48 Å². The lowest BCUT2D eigenvalue weighted by Crippen LogP contribution is -2.30. The third-order valence-corrected chi connectivity index (χ3v) is 3.87. The highest BCUT2D eigenvalue weighted by atomic mass is 19.4. The van der Waals surface area contributed by atoms with Gasteiger partial charge in [0.1, 0.15) is 18.0 Å². The van der Waals surface area contributed by atoms with Crippen LogP contribution in [0.15, 0.2) is 67.0 Å². The second-order valence-corrected chi connectivity index (χ2v) is 5.77. The molecule has 1 aromatic heterocycles. The van der Waals surface area contributed by atoms with Crippen LogP contribution in [0.3, 0.4) is 0 Å². The molecule has 0 aliphatic heterocycles. The number of likely N-dealkylation sites (N-methyl/N-ethyl adjacent to an activating group) is 1. The van der Waals surface area contributed by atoms with Gasteiger partial charge >= 0.3 is 6.18 Å². The summed E-state index contributed by atoms with van der Waals surface area (Å²) in [6.45, 7) is 0.118. The highest BCUT2D eigenvalue weighted by Crippen LogP contribution is 2.31. The fraction of sp³-hybridized carbons (Fsp3) is 0.158. The minimum atomic E-state index is -4.38. The zero-order valence-electron chi connectivity index (χ0n) is 14.3. The van der Waals surface area contributed by atoms with E-state index in [1.165, 1.54) is 21.7 Å². The summed E-state index contributed by atoms with van der Waals surface area (Å²) in [6, 6.07) is 12.9. The number of rotatable bonds is 5. The van der Waals surface area contributed by atoms with Gasteiger partial charge in [-0.05, 0) is 54.6 Å². The second-order valence-electron chi connectivity index (χ2n) is 5.77. The van der Waals surface area contributed by atoms with Gasteiger partial charge in [-0.2, -0.15) is 18.3 Å². The number of nitrogens with zero attached hydrogens (tertiary/aromatic N) is 3. The molecular formula is C19H16F3N3O2. The molecule has 5 nitrogen and oxygen atoms in total. The summed E-state index contributed by atoms with van der Waals surface area (Å²) in [5, 5.41) is 3.99. The van der Waals surface area contributed by atoms with Crippen molar-refractivity contribution < 1.29 is 22.7 Å². The fourth-order valence-electron chi connectivity index (χ4n) is 2.37. The largest absolute Gasteiger partial charge is 0.457 e. The Balaban J connectivity index is 1.63. The average Bonchev–Trinajstić information content (AvgIpc) is 3.14. The van der Waals surface area contributed by atoms with E-state index in [1.54, 1.807) is 49.8 Å². The Morgan fingerprint density at radius 2 is 1.67 bits per heavy atom. The van der Waals surface area contributed by atoms with E-state index in [0.29, 0.717) is 17.2 Å². The number of alkyl halides is 3. The summed E-state index contributed by atoms with van der Waals surface area (Å²) >= 11 is 0. The first-order chi connectivity index (χ1) is 12.8. The van der Waals surface area contributed by atoms with Gasteiger partial charge in [0.2, 0.25) is 5.91 Å². The Bertz CT molecular complexity index is 889. The molecule has 0 atom stereocenters. The van der Waals surface area contributed by atoms with Crippen molar-refractivity contribution >= 4 is 11.6 Å². The van der Waals surface area contributed by atoms with Gasteiger partial charge in [0, 0.05) is 25.1 Å². The highest BCUT2D eigenvalue weighted by molar-refractivity contribution is 5.92. The normalized spacial score (nSPS) is 11.3. The molecule has 0 saturated heterocycles. The Kier molecular flexibility index (Phi) is 5.16. The van der Waals surface area contributed by atoms with E-state index in [1.807, 2.05) is 0 Å². The van der Waals surface area contributed by atoms with Crippen molar-refractivity contribution in [3.63, 3.8) is 0 Å². The standard InChI is InChI=1S/C19H16F3N3O2/c1-24(18(26)13-25-12-2-11-23-25)15-5-9-17(10-6-15)27-16-7-3-14(4-8-16)19(20,21)22/h2-12H,13H2,1H3. The molecular weight excluding hydrogens is 359 g/mol. The maximum atomic E-state index is 12.6. The Hall–Kier alpha value is -3.29. The van der Waals surface area contributed by atoms with Crippen LogP contribution in [0.4, 0.5) is 18.9 Å². The molecule has 0 aliphatic carbocycles. The molecule has 140 valence electrons. The number of halogens is 3. The van der Waals surface area contributed by atoms with Crippen molar-refractivity contribution in [3.8, 4) is 11.5 Å². The summed E-state index contributed by atoms with van der Waals surface area (Å²) in [5.41, 5.74) is -0.0746. The fourth-order valence-corrected chi connectivity index (χ4v) is 2.37. The van der Waals surface area contributed by atoms with Crippen molar-refractivity contribution in [2.24, 2.45) is 0 Å². The Morgan fingerprint density at radius 1 is 1.07 bits per heavy atom. The van der Waals surface area contributed by atoms with Crippen molar-refractivity contribution in [3.05, 3.63) is 72.6 Å². The number of benzene rings is 2. The lowest BCUT2D eigenvalue weighted by molar-refractivity contribution is -0.137. The molecule has 0 saturated carbocycles. The lowest BCUT2D eigenvalue weighted by Gasteiger charge is -2.18. The number of hydrogen-bond acceptors (Lipinski definition) is 3. The molecule has 3 aromatic rings. The summed E-state index contributed by atoms with van der Waals surface area (Å²) in [5.74, 6) is 0.598. The zero-order valence-corrected chi connectivity index (χ0v) is 14.3. The lowest BCUT2D eigenvalue weighted by atomic mass is 10.2. The van der Waals surface area contributed by atoms with E-state index in [2.05, 4.69) is 5.10 Å². The molecule has 1 amide bonds. The Morgan fingerprint density at radius 3 is 2.19 bits per heavy atom. The van der Waals surface area contributed by atoms with Crippen LogP contribution in [0.1, 0.15) is 5.56 Å². The van der Waals surface area contributed by atoms with Gasteiger partial charge in [0.25, 0.3) is 0 Å². The quantitative estimate of drug-likeness (QED) is 0.666. The van der Waals surface area contributed by atoms with Crippen LogP contribution in [0.25, 0.3) is 0 Å². The maximum absolute atomic E-state index is 12.6. The summed E-state index contributed by atoms with van der Waals surface area (Å²) in [6.07, 6.45) is -1.08. The van der Waals surface area contributed by atoms with E-state index in [4.69, 9.17) is 4.74 Å². The van der Waals surface area contributed by atoms with Crippen molar-refractivity contribution in [1.82, 2.24) is 9.78 Å². The molecule has 0 bridgehead atoms. The average molecular weight is 375 g/mol. The Labute approximate surface area is 153 Å². The molecule has 0 spiro atoms. The molecule has 0 unspecified atom stereocenters. The molecule has 0 radical (unpaired) electrons. The van der Waals surface area contributed by atoms with Crippen molar-refractivity contribution in [2.45, 2.75) is 12.7 Å². The minimum Gasteiger partial charge on any atom is -0.457 e. The van der Waals surface area contributed by atoms with E-state index in [9.17, 15) is 18.0 Å². The van der Waals surface area contributed by atoms with Gasteiger partial charge in [-0.25, -0.2) is 0 Å². The molecule has 2 aromatic carbocycles. The van der Waals surface area contributed by atoms with E-state index in [0.717, 1.165) is 12.1 Å². The van der Waals surface area contributed by atoms with Crippen LogP contribution in [-0.4, -0.2) is 22.7 Å². The predicted molar refractivity (Wildman–Crippen MR) is 93.6 cm³/mol. The van der Waals surface area contributed by atoms with Gasteiger partial charge in [-0.15, -0.1) is 0 Å². The van der Waals surface area contributed by atoms with Gasteiger partial charge < -0.3 is 9.64 Å². The third-order valence-electron chi connectivity index (χ3n) is 3.87. The van der Waals surface area contributed by atoms with Crippen LogP contribution in [0, 0.1) is 0 Å². The van der Waals surface area contributed by atoms with E-state index in [-0.39, 0.29) is 12.5 Å². The maximum Gasteiger partial charge on any atom is 0.416 e. The van der Waals surface area contributed by atoms with Crippen LogP contribution >= 0.6 is 0 Å². The molecule has 27 heavy (non-hydrogen) atoms. The number of carbonyl (C=O) groups excluding carboxylic acids is 1. The second kappa shape index (κ2) is 7.53. The van der Waals surface area contributed by atoms with Crippen LogP contribution in [-0.2, 0) is 17.5 Å². The van der Waals surface area contributed by atoms with Crippen molar-refractivity contribution in [1.29, 1.82) is 0 Å². The smallest absolute Gasteiger partial charge is 0.416 e. The molecule has 0 aliphatic rings. The number of hydrogen-bond donors (Lipinski definition) is 0. The van der Waals surface area contributed by atoms with Crippen LogP contribution < -0.4 is 9.64 Å². The molecule has 1 heterocycles. The van der Waals surface area contributed by atoms with Crippen molar-refractivity contribution in [2.75, 3.05) is 11.9 Å². The molecule has 3 rings (SSSR count). The third kappa shape index (κ3) is 4.66. The van der Waals surface area contributed by atoms with Gasteiger partial charge in [-0.1, -0.05) is 0 Å². The predicted octanol–water partition coefficient (Wildman–Crippen LogP) is 4.36. The van der Waals surface area contributed by atoms with Crippen LogP contribution in [0.2, 0.25) is 0 Å². The summed E-state index contributed by atoms with van der Waals surface area (Å²) in [7, 11) is 1.65. The highest BCUT2D eigenvalue weighted by Gasteiger charge is 2.30. The van der Waals surface area contributed by atoms with Crippen LogP contribution in [0.5, 0.6) is 11.5 Å². The minimum absolute atomic E-state index is 0.118. The molecule has 0 N–H and O–H groups in total. The summed E-state index contributed by atoms with van der Waals surface area (Å²) < 4.78 is 44.8. The monoisotopic (exact) mass is 375 g/mol. The van der Waals surface area contributed by atoms with E-state index >= 15 is 0 Å². The zero-order chi connectivity index (χ0) is 19.4. The number of amides is 1. The molecule has 8 heteroatoms. The van der Waals surface area contributed by atoms with Gasteiger partial charge in [0.05, 0.1) is 5.56 Å². The number of carbonyl (C=O) groups is 1. The van der Waals surface area contributed by atoms with Gasteiger partial charge in [0.15, 0.2) is 0 Å². The number of ether oxygens (including phenoxy) is 1. The first-order valence-corrected chi connectivity index (χ1v) is 8.02. The summed E-state index contributed by atoms with van der Waals surface area (Å²) in [4.78, 5) is 13.7. The first-order valence-electron chi connectivity index (χ1n) is 8.02. The number of aromatic nitrogens is 2. The topological polar surface area (TPSA) is 47.4 Å². The van der Waals surface area contributed by atoms with E-state index < -0.39 is 11.7 Å². The first kappa shape index (κ1) is 18.5. The molecule has 0 fully saturated rings. The number of anilines is 1. The SMILES string of the molecule is CN(C(=O)Cn1cccn1)c1ccc(Oc2ccc(C(F)(F)F)cc2)cc1.